The summed E-state index contributed by atoms with van der Waals surface area (Å²) >= 11 is 0. The molecule has 0 aromatic heterocycles. The predicted octanol–water partition coefficient (Wildman–Crippen LogP) is 3.43. The van der Waals surface area contributed by atoms with Gasteiger partial charge in [-0.05, 0) is 46.4 Å². The molecule has 0 amide bonds. The maximum atomic E-state index is 5.97. The zero-order valence-electron chi connectivity index (χ0n) is 10.7. The second kappa shape index (κ2) is 4.30. The molecular formula is C12H23BO2. The van der Waals surface area contributed by atoms with E-state index in [0.29, 0.717) is 5.82 Å². The van der Waals surface area contributed by atoms with Gasteiger partial charge >= 0.3 is 7.12 Å². The van der Waals surface area contributed by atoms with Crippen LogP contribution in [-0.4, -0.2) is 18.3 Å². The van der Waals surface area contributed by atoms with Gasteiger partial charge in [-0.2, -0.15) is 0 Å². The SMILES string of the molecule is C=CCCC(C)B1OC(C)(C)C(C)(C)O1. The fourth-order valence-corrected chi connectivity index (χ4v) is 1.64. The van der Waals surface area contributed by atoms with Gasteiger partial charge in [0, 0.05) is 0 Å². The molecule has 15 heavy (non-hydrogen) atoms. The molecule has 1 atom stereocenters. The van der Waals surface area contributed by atoms with Gasteiger partial charge in [0.05, 0.1) is 11.2 Å². The Balaban J connectivity index is 2.58. The summed E-state index contributed by atoms with van der Waals surface area (Å²) in [5.74, 6) is 0.420. The van der Waals surface area contributed by atoms with Crippen LogP contribution in [-0.2, 0) is 9.31 Å². The van der Waals surface area contributed by atoms with Gasteiger partial charge in [0.1, 0.15) is 0 Å². The molecule has 1 aliphatic rings. The first-order chi connectivity index (χ1) is 6.80. The number of hydrogen-bond acceptors (Lipinski definition) is 2. The highest BCUT2D eigenvalue weighted by Crippen LogP contribution is 2.40. The van der Waals surface area contributed by atoms with Gasteiger partial charge in [-0.3, -0.25) is 0 Å². The van der Waals surface area contributed by atoms with Crippen LogP contribution in [0.5, 0.6) is 0 Å². The molecule has 0 saturated carbocycles. The second-order valence-electron chi connectivity index (χ2n) is 5.47. The molecule has 2 nitrogen and oxygen atoms in total. The lowest BCUT2D eigenvalue weighted by Crippen LogP contribution is -2.41. The van der Waals surface area contributed by atoms with Crippen molar-refractivity contribution in [3.05, 3.63) is 12.7 Å². The third kappa shape index (κ3) is 2.64. The average Bonchev–Trinajstić information content (AvgIpc) is 2.32. The Morgan fingerprint density at radius 3 is 2.07 bits per heavy atom. The van der Waals surface area contributed by atoms with E-state index >= 15 is 0 Å². The van der Waals surface area contributed by atoms with Crippen LogP contribution in [0, 0.1) is 0 Å². The first-order valence-corrected chi connectivity index (χ1v) is 5.77. The van der Waals surface area contributed by atoms with E-state index < -0.39 is 0 Å². The van der Waals surface area contributed by atoms with Crippen LogP contribution in [0.4, 0.5) is 0 Å². The zero-order valence-corrected chi connectivity index (χ0v) is 10.7. The van der Waals surface area contributed by atoms with E-state index in [1.54, 1.807) is 0 Å². The van der Waals surface area contributed by atoms with Crippen LogP contribution in [0.2, 0.25) is 5.82 Å². The fraction of sp³-hybridized carbons (Fsp3) is 0.833. The molecule has 0 radical (unpaired) electrons. The summed E-state index contributed by atoms with van der Waals surface area (Å²) in [6.07, 6.45) is 4.04. The number of allylic oxidation sites excluding steroid dienone is 1. The summed E-state index contributed by atoms with van der Waals surface area (Å²) in [5, 5.41) is 0. The van der Waals surface area contributed by atoms with Gasteiger partial charge in [-0.15, -0.1) is 6.58 Å². The Kier molecular flexibility index (Phi) is 3.67. The van der Waals surface area contributed by atoms with Crippen molar-refractivity contribution in [2.45, 2.75) is 64.5 Å². The summed E-state index contributed by atoms with van der Waals surface area (Å²) in [7, 11) is -0.0741. The Labute approximate surface area is 94.2 Å². The number of rotatable bonds is 4. The molecule has 0 aliphatic carbocycles. The van der Waals surface area contributed by atoms with Gasteiger partial charge < -0.3 is 9.31 Å². The highest BCUT2D eigenvalue weighted by molar-refractivity contribution is 6.47. The van der Waals surface area contributed by atoms with Crippen molar-refractivity contribution < 1.29 is 9.31 Å². The zero-order chi connectivity index (χ0) is 11.7. The van der Waals surface area contributed by atoms with Gasteiger partial charge in [0.2, 0.25) is 0 Å². The van der Waals surface area contributed by atoms with Gasteiger partial charge in [0.15, 0.2) is 0 Å². The molecule has 1 fully saturated rings. The van der Waals surface area contributed by atoms with Crippen LogP contribution in [0.15, 0.2) is 12.7 Å². The minimum Gasteiger partial charge on any atom is -0.403 e. The molecule has 0 bridgehead atoms. The Hall–Kier alpha value is -0.275. The van der Waals surface area contributed by atoms with Crippen molar-refractivity contribution in [1.29, 1.82) is 0 Å². The Bertz CT molecular complexity index is 220. The maximum Gasteiger partial charge on any atom is 0.460 e. The van der Waals surface area contributed by atoms with E-state index in [-0.39, 0.29) is 18.3 Å². The summed E-state index contributed by atoms with van der Waals surface area (Å²) in [5.41, 5.74) is -0.416. The van der Waals surface area contributed by atoms with Gasteiger partial charge in [-0.1, -0.05) is 13.0 Å². The topological polar surface area (TPSA) is 18.5 Å². The molecule has 0 aromatic rings. The molecule has 1 saturated heterocycles. The minimum atomic E-state index is -0.208. The second-order valence-corrected chi connectivity index (χ2v) is 5.47. The smallest absolute Gasteiger partial charge is 0.403 e. The molecule has 86 valence electrons. The molecule has 0 spiro atoms. The molecule has 1 heterocycles. The van der Waals surface area contributed by atoms with E-state index in [1.165, 1.54) is 0 Å². The third-order valence-corrected chi connectivity index (χ3v) is 3.56. The Morgan fingerprint density at radius 1 is 1.20 bits per heavy atom. The molecule has 1 unspecified atom stereocenters. The monoisotopic (exact) mass is 210 g/mol. The number of hydrogen-bond donors (Lipinski definition) is 0. The lowest BCUT2D eigenvalue weighted by Gasteiger charge is -2.32. The predicted molar refractivity (Wildman–Crippen MR) is 64.9 cm³/mol. The summed E-state index contributed by atoms with van der Waals surface area (Å²) in [6.45, 7) is 14.3. The van der Waals surface area contributed by atoms with E-state index in [4.69, 9.17) is 9.31 Å². The van der Waals surface area contributed by atoms with E-state index in [2.05, 4.69) is 41.2 Å². The lowest BCUT2D eigenvalue weighted by molar-refractivity contribution is 0.00578. The molecular weight excluding hydrogens is 187 g/mol. The van der Waals surface area contributed by atoms with Gasteiger partial charge in [0.25, 0.3) is 0 Å². The van der Waals surface area contributed by atoms with Crippen LogP contribution < -0.4 is 0 Å². The third-order valence-electron chi connectivity index (χ3n) is 3.56. The highest BCUT2D eigenvalue weighted by Gasteiger charge is 2.52. The molecule has 0 N–H and O–H groups in total. The first-order valence-electron chi connectivity index (χ1n) is 5.77. The normalized spacial score (nSPS) is 25.3. The van der Waals surface area contributed by atoms with Crippen molar-refractivity contribution in [1.82, 2.24) is 0 Å². The van der Waals surface area contributed by atoms with Crippen molar-refractivity contribution in [2.24, 2.45) is 0 Å². The fourth-order valence-electron chi connectivity index (χ4n) is 1.64. The highest BCUT2D eigenvalue weighted by atomic mass is 16.7. The van der Waals surface area contributed by atoms with Crippen molar-refractivity contribution in [2.75, 3.05) is 0 Å². The summed E-state index contributed by atoms with van der Waals surface area (Å²) < 4.78 is 11.9. The minimum absolute atomic E-state index is 0.0741. The standard InChI is InChI=1S/C12H23BO2/c1-7-8-9-10(2)13-14-11(3,4)12(5,6)15-13/h7,10H,1,8-9H2,2-6H3. The lowest BCUT2D eigenvalue weighted by atomic mass is 9.71. The average molecular weight is 210 g/mol. The molecule has 1 rings (SSSR count). The van der Waals surface area contributed by atoms with Crippen LogP contribution in [0.25, 0.3) is 0 Å². The Morgan fingerprint density at radius 2 is 1.67 bits per heavy atom. The van der Waals surface area contributed by atoms with Crippen molar-refractivity contribution >= 4 is 7.12 Å². The van der Waals surface area contributed by atoms with E-state index in [9.17, 15) is 0 Å². The largest absolute Gasteiger partial charge is 0.460 e. The van der Waals surface area contributed by atoms with Crippen LogP contribution >= 0.6 is 0 Å². The maximum absolute atomic E-state index is 5.97. The molecule has 0 aromatic carbocycles. The molecule has 1 aliphatic heterocycles. The van der Waals surface area contributed by atoms with Gasteiger partial charge in [-0.25, -0.2) is 0 Å². The molecule has 3 heteroatoms. The van der Waals surface area contributed by atoms with Crippen LogP contribution in [0.3, 0.4) is 0 Å². The van der Waals surface area contributed by atoms with E-state index in [1.807, 2.05) is 6.08 Å². The first kappa shape index (κ1) is 12.8. The quantitative estimate of drug-likeness (QED) is 0.522. The van der Waals surface area contributed by atoms with Crippen molar-refractivity contribution in [3.63, 3.8) is 0 Å². The van der Waals surface area contributed by atoms with E-state index in [0.717, 1.165) is 12.8 Å². The van der Waals surface area contributed by atoms with Crippen molar-refractivity contribution in [3.8, 4) is 0 Å². The summed E-state index contributed by atoms with van der Waals surface area (Å²) in [6, 6.07) is 0. The summed E-state index contributed by atoms with van der Waals surface area (Å²) in [4.78, 5) is 0. The van der Waals surface area contributed by atoms with Crippen LogP contribution in [0.1, 0.15) is 47.5 Å².